The lowest BCUT2D eigenvalue weighted by Crippen LogP contribution is -2.04. The monoisotopic (exact) mass is 265 g/mol. The van der Waals surface area contributed by atoms with Crippen LogP contribution in [-0.2, 0) is 12.8 Å². The van der Waals surface area contributed by atoms with Crippen LogP contribution in [-0.4, -0.2) is 10.8 Å². The van der Waals surface area contributed by atoms with E-state index in [2.05, 4.69) is 4.98 Å². The molecule has 0 atom stereocenters. The molecular weight excluding hydrogens is 250 g/mol. The molecule has 3 aromatic rings. The molecule has 0 aliphatic carbocycles. The Labute approximate surface area is 117 Å². The average molecular weight is 265 g/mol. The number of carbonyl (C=O) groups excluding carboxylic acids is 1. The Hall–Kier alpha value is -2.42. The van der Waals surface area contributed by atoms with Crippen molar-refractivity contribution in [3.05, 3.63) is 65.7 Å². The summed E-state index contributed by atoms with van der Waals surface area (Å²) in [7, 11) is 0. The standard InChI is InChI=1S/C17H15NO2/c1-2-14-9-10-17(20-14)16(19)11-13-8-7-12-5-3-4-6-15(12)18-13/h3-10H,2,11H2,1H3. The highest BCUT2D eigenvalue weighted by atomic mass is 16.3. The van der Waals surface area contributed by atoms with E-state index in [1.165, 1.54) is 0 Å². The molecule has 0 unspecified atom stereocenters. The number of fused-ring (bicyclic) bond motifs is 1. The van der Waals surface area contributed by atoms with Crippen molar-refractivity contribution in [3.8, 4) is 0 Å². The van der Waals surface area contributed by atoms with Crippen LogP contribution < -0.4 is 0 Å². The zero-order valence-corrected chi connectivity index (χ0v) is 11.3. The lowest BCUT2D eigenvalue weighted by atomic mass is 10.1. The topological polar surface area (TPSA) is 43.1 Å². The largest absolute Gasteiger partial charge is 0.458 e. The number of hydrogen-bond acceptors (Lipinski definition) is 3. The minimum absolute atomic E-state index is 0.0347. The van der Waals surface area contributed by atoms with Crippen molar-refractivity contribution in [2.75, 3.05) is 0 Å². The maximum atomic E-state index is 12.1. The molecule has 0 radical (unpaired) electrons. The van der Waals surface area contributed by atoms with Crippen LogP contribution in [0.4, 0.5) is 0 Å². The van der Waals surface area contributed by atoms with Crippen LogP contribution in [0.15, 0.2) is 52.9 Å². The summed E-state index contributed by atoms with van der Waals surface area (Å²) in [6.45, 7) is 2.00. The van der Waals surface area contributed by atoms with Gasteiger partial charge in [-0.05, 0) is 24.3 Å². The van der Waals surface area contributed by atoms with Crippen molar-refractivity contribution >= 4 is 16.7 Å². The molecule has 0 saturated carbocycles. The summed E-state index contributed by atoms with van der Waals surface area (Å²) >= 11 is 0. The van der Waals surface area contributed by atoms with Crippen LogP contribution in [0.1, 0.15) is 28.9 Å². The molecule has 2 heterocycles. The number of carbonyl (C=O) groups is 1. The fourth-order valence-corrected chi connectivity index (χ4v) is 2.18. The van der Waals surface area contributed by atoms with E-state index >= 15 is 0 Å². The highest BCUT2D eigenvalue weighted by molar-refractivity contribution is 5.95. The smallest absolute Gasteiger partial charge is 0.203 e. The zero-order chi connectivity index (χ0) is 13.9. The van der Waals surface area contributed by atoms with Gasteiger partial charge in [-0.25, -0.2) is 0 Å². The number of para-hydroxylation sites is 1. The average Bonchev–Trinajstić information content (AvgIpc) is 2.96. The van der Waals surface area contributed by atoms with Gasteiger partial charge >= 0.3 is 0 Å². The number of nitrogens with zero attached hydrogens (tertiary/aromatic N) is 1. The quantitative estimate of drug-likeness (QED) is 0.673. The van der Waals surface area contributed by atoms with Crippen LogP contribution in [0, 0.1) is 0 Å². The molecule has 0 bridgehead atoms. The van der Waals surface area contributed by atoms with E-state index in [9.17, 15) is 4.79 Å². The molecule has 0 aliphatic rings. The summed E-state index contributed by atoms with van der Waals surface area (Å²) < 4.78 is 5.48. The SMILES string of the molecule is CCc1ccc(C(=O)Cc2ccc3ccccc3n2)o1. The van der Waals surface area contributed by atoms with Gasteiger partial charge in [-0.1, -0.05) is 31.2 Å². The summed E-state index contributed by atoms with van der Waals surface area (Å²) in [5.41, 5.74) is 1.68. The van der Waals surface area contributed by atoms with E-state index in [4.69, 9.17) is 4.42 Å². The van der Waals surface area contributed by atoms with Gasteiger partial charge < -0.3 is 4.42 Å². The van der Waals surface area contributed by atoms with E-state index < -0.39 is 0 Å². The van der Waals surface area contributed by atoms with E-state index in [1.807, 2.05) is 49.4 Å². The van der Waals surface area contributed by atoms with E-state index in [1.54, 1.807) is 6.07 Å². The lowest BCUT2D eigenvalue weighted by molar-refractivity contribution is 0.0964. The highest BCUT2D eigenvalue weighted by Crippen LogP contribution is 2.15. The number of benzene rings is 1. The number of ketones is 1. The Morgan fingerprint density at radius 1 is 1.10 bits per heavy atom. The van der Waals surface area contributed by atoms with E-state index in [-0.39, 0.29) is 12.2 Å². The number of Topliss-reactive ketones (excluding diaryl/α,β-unsaturated/α-hetero) is 1. The van der Waals surface area contributed by atoms with Gasteiger partial charge in [0.2, 0.25) is 5.78 Å². The predicted molar refractivity (Wildman–Crippen MR) is 77.9 cm³/mol. The fraction of sp³-hybridized carbons (Fsp3) is 0.176. The zero-order valence-electron chi connectivity index (χ0n) is 11.3. The van der Waals surface area contributed by atoms with Crippen LogP contribution in [0.3, 0.4) is 0 Å². The van der Waals surface area contributed by atoms with Crippen LogP contribution in [0.25, 0.3) is 10.9 Å². The third-order valence-corrected chi connectivity index (χ3v) is 3.28. The third-order valence-electron chi connectivity index (χ3n) is 3.28. The van der Waals surface area contributed by atoms with Crippen molar-refractivity contribution < 1.29 is 9.21 Å². The molecule has 3 nitrogen and oxygen atoms in total. The first-order chi connectivity index (χ1) is 9.76. The van der Waals surface area contributed by atoms with E-state index in [0.29, 0.717) is 5.76 Å². The first-order valence-corrected chi connectivity index (χ1v) is 6.73. The number of aromatic nitrogens is 1. The Bertz CT molecular complexity index is 758. The Morgan fingerprint density at radius 3 is 2.75 bits per heavy atom. The number of pyridine rings is 1. The molecule has 3 heteroatoms. The first kappa shape index (κ1) is 12.6. The van der Waals surface area contributed by atoms with Gasteiger partial charge in [-0.15, -0.1) is 0 Å². The molecule has 3 rings (SSSR count). The number of aryl methyl sites for hydroxylation is 1. The van der Waals surface area contributed by atoms with Crippen molar-refractivity contribution in [1.82, 2.24) is 4.98 Å². The second kappa shape index (κ2) is 5.29. The minimum atomic E-state index is -0.0347. The molecule has 0 amide bonds. The number of furan rings is 1. The Morgan fingerprint density at radius 2 is 1.95 bits per heavy atom. The summed E-state index contributed by atoms with van der Waals surface area (Å²) in [5.74, 6) is 1.21. The molecule has 0 aliphatic heterocycles. The van der Waals surface area contributed by atoms with Gasteiger partial charge in [-0.2, -0.15) is 0 Å². The van der Waals surface area contributed by atoms with Crippen molar-refractivity contribution in [1.29, 1.82) is 0 Å². The molecule has 0 spiro atoms. The number of rotatable bonds is 4. The second-order valence-corrected chi connectivity index (χ2v) is 4.71. The molecule has 0 fully saturated rings. The summed E-state index contributed by atoms with van der Waals surface area (Å²) in [6, 6.07) is 15.3. The summed E-state index contributed by atoms with van der Waals surface area (Å²) in [5, 5.41) is 1.08. The number of hydrogen-bond donors (Lipinski definition) is 0. The highest BCUT2D eigenvalue weighted by Gasteiger charge is 2.12. The minimum Gasteiger partial charge on any atom is -0.458 e. The second-order valence-electron chi connectivity index (χ2n) is 4.71. The Balaban J connectivity index is 1.83. The molecule has 100 valence electrons. The van der Waals surface area contributed by atoms with Gasteiger partial charge in [0.25, 0.3) is 0 Å². The fourth-order valence-electron chi connectivity index (χ4n) is 2.18. The van der Waals surface area contributed by atoms with E-state index in [0.717, 1.165) is 28.8 Å². The van der Waals surface area contributed by atoms with Crippen molar-refractivity contribution in [3.63, 3.8) is 0 Å². The molecule has 1 aromatic carbocycles. The predicted octanol–water partition coefficient (Wildman–Crippen LogP) is 3.82. The van der Waals surface area contributed by atoms with Crippen LogP contribution in [0.2, 0.25) is 0 Å². The van der Waals surface area contributed by atoms with Gasteiger partial charge in [0.1, 0.15) is 5.76 Å². The maximum Gasteiger partial charge on any atom is 0.203 e. The van der Waals surface area contributed by atoms with Crippen molar-refractivity contribution in [2.45, 2.75) is 19.8 Å². The molecule has 0 N–H and O–H groups in total. The molecule has 2 aromatic heterocycles. The molecule has 20 heavy (non-hydrogen) atoms. The normalized spacial score (nSPS) is 10.8. The van der Waals surface area contributed by atoms with Gasteiger partial charge in [-0.3, -0.25) is 9.78 Å². The van der Waals surface area contributed by atoms with Gasteiger partial charge in [0.05, 0.1) is 11.9 Å². The lowest BCUT2D eigenvalue weighted by Gasteiger charge is -2.01. The third kappa shape index (κ3) is 2.48. The molecule has 0 saturated heterocycles. The van der Waals surface area contributed by atoms with Crippen molar-refractivity contribution in [2.24, 2.45) is 0 Å². The first-order valence-electron chi connectivity index (χ1n) is 6.73. The summed E-state index contributed by atoms with van der Waals surface area (Å²) in [6.07, 6.45) is 1.06. The molecular formula is C17H15NO2. The maximum absolute atomic E-state index is 12.1. The van der Waals surface area contributed by atoms with Gasteiger partial charge in [0.15, 0.2) is 5.76 Å². The van der Waals surface area contributed by atoms with Crippen LogP contribution in [0.5, 0.6) is 0 Å². The van der Waals surface area contributed by atoms with Gasteiger partial charge in [0, 0.05) is 17.5 Å². The van der Waals surface area contributed by atoms with Crippen LogP contribution >= 0.6 is 0 Å². The Kier molecular flexibility index (Phi) is 3.33. The summed E-state index contributed by atoms with van der Waals surface area (Å²) in [4.78, 5) is 16.7.